The lowest BCUT2D eigenvalue weighted by molar-refractivity contribution is 0.0358. The van der Waals surface area contributed by atoms with Gasteiger partial charge in [-0.3, -0.25) is 10.2 Å². The van der Waals surface area contributed by atoms with Gasteiger partial charge >= 0.3 is 6.09 Å². The number of hydrogen-bond acceptors (Lipinski definition) is 5. The molecule has 2 rings (SSSR count). The predicted molar refractivity (Wildman–Crippen MR) is 96.3 cm³/mol. The van der Waals surface area contributed by atoms with E-state index < -0.39 is 6.09 Å². The van der Waals surface area contributed by atoms with Crippen molar-refractivity contribution in [2.45, 2.75) is 19.8 Å². The molecule has 0 saturated carbocycles. The molecule has 0 aliphatic carbocycles. The summed E-state index contributed by atoms with van der Waals surface area (Å²) >= 11 is 0. The van der Waals surface area contributed by atoms with E-state index in [4.69, 9.17) is 14.2 Å². The molecule has 0 unspecified atom stereocenters. The molecule has 1 fully saturated rings. The van der Waals surface area contributed by atoms with Gasteiger partial charge in [0, 0.05) is 25.3 Å². The number of hydrogen-bond donors (Lipinski definition) is 1. The van der Waals surface area contributed by atoms with Crippen LogP contribution in [0.15, 0.2) is 24.3 Å². The fraction of sp³-hybridized carbons (Fsp3) is 0.588. The minimum absolute atomic E-state index is 0. The van der Waals surface area contributed by atoms with Crippen LogP contribution in [0.4, 0.5) is 10.5 Å². The number of nitrogens with one attached hydrogen (secondary N) is 1. The molecule has 0 spiro atoms. The van der Waals surface area contributed by atoms with E-state index in [1.165, 1.54) is 0 Å². The van der Waals surface area contributed by atoms with Crippen LogP contribution in [0.3, 0.4) is 0 Å². The van der Waals surface area contributed by atoms with Crippen molar-refractivity contribution >= 4 is 24.2 Å². The number of amides is 1. The summed E-state index contributed by atoms with van der Waals surface area (Å²) in [4.78, 5) is 13.8. The molecule has 1 aliphatic rings. The van der Waals surface area contributed by atoms with Crippen LogP contribution in [0.2, 0.25) is 0 Å². The molecule has 6 nitrogen and oxygen atoms in total. The van der Waals surface area contributed by atoms with Gasteiger partial charge in [-0.2, -0.15) is 0 Å². The highest BCUT2D eigenvalue weighted by molar-refractivity contribution is 5.85. The van der Waals surface area contributed by atoms with Crippen molar-refractivity contribution in [3.8, 4) is 5.75 Å². The molecule has 0 aromatic heterocycles. The van der Waals surface area contributed by atoms with Crippen LogP contribution in [0.5, 0.6) is 5.75 Å². The minimum atomic E-state index is -0.425. The van der Waals surface area contributed by atoms with Gasteiger partial charge in [0.1, 0.15) is 5.75 Å². The van der Waals surface area contributed by atoms with Gasteiger partial charge in [-0.15, -0.1) is 12.4 Å². The summed E-state index contributed by atoms with van der Waals surface area (Å²) in [5, 5.41) is 2.68. The molecule has 0 atom stereocenters. The van der Waals surface area contributed by atoms with Gasteiger partial charge in [-0.1, -0.05) is 6.92 Å². The van der Waals surface area contributed by atoms with Crippen molar-refractivity contribution in [3.63, 3.8) is 0 Å². The fourth-order valence-electron chi connectivity index (χ4n) is 2.29. The number of morpholine rings is 1. The van der Waals surface area contributed by atoms with E-state index >= 15 is 0 Å². The Balaban J connectivity index is 0.00000288. The molecule has 1 amide bonds. The highest BCUT2D eigenvalue weighted by Gasteiger charge is 2.09. The van der Waals surface area contributed by atoms with Gasteiger partial charge in [0.15, 0.2) is 0 Å². The van der Waals surface area contributed by atoms with Gasteiger partial charge in [-0.05, 0) is 37.1 Å². The van der Waals surface area contributed by atoms with Crippen molar-refractivity contribution in [1.82, 2.24) is 4.90 Å². The Hall–Kier alpha value is -1.50. The summed E-state index contributed by atoms with van der Waals surface area (Å²) in [5.41, 5.74) is 0.701. The summed E-state index contributed by atoms with van der Waals surface area (Å²) in [5.74, 6) is 0.805. The quantitative estimate of drug-likeness (QED) is 0.723. The molecule has 0 bridgehead atoms. The third kappa shape index (κ3) is 7.86. The molecule has 136 valence electrons. The molecule has 1 N–H and O–H groups in total. The Morgan fingerprint density at radius 1 is 1.21 bits per heavy atom. The van der Waals surface area contributed by atoms with E-state index in [-0.39, 0.29) is 12.4 Å². The number of anilines is 1. The number of carbonyl (C=O) groups excluding carboxylic acids is 1. The average Bonchev–Trinajstić information content (AvgIpc) is 2.59. The van der Waals surface area contributed by atoms with Crippen molar-refractivity contribution in [3.05, 3.63) is 24.3 Å². The predicted octanol–water partition coefficient (Wildman–Crippen LogP) is 3.17. The number of halogens is 1. The Morgan fingerprint density at radius 2 is 1.92 bits per heavy atom. The van der Waals surface area contributed by atoms with E-state index in [0.717, 1.165) is 51.4 Å². The van der Waals surface area contributed by atoms with E-state index in [1.807, 2.05) is 31.2 Å². The lowest BCUT2D eigenvalue weighted by Crippen LogP contribution is -2.37. The summed E-state index contributed by atoms with van der Waals surface area (Å²) in [6.07, 6.45) is 1.37. The van der Waals surface area contributed by atoms with Gasteiger partial charge in [-0.25, -0.2) is 4.79 Å². The second-order valence-corrected chi connectivity index (χ2v) is 5.44. The number of rotatable bonds is 8. The van der Waals surface area contributed by atoms with Gasteiger partial charge < -0.3 is 14.2 Å². The largest absolute Gasteiger partial charge is 0.494 e. The van der Waals surface area contributed by atoms with Crippen LogP contribution in [0.1, 0.15) is 19.8 Å². The molecule has 1 aliphatic heterocycles. The van der Waals surface area contributed by atoms with Crippen LogP contribution < -0.4 is 10.1 Å². The van der Waals surface area contributed by atoms with Crippen molar-refractivity contribution in [2.24, 2.45) is 0 Å². The molecule has 1 saturated heterocycles. The maximum absolute atomic E-state index is 11.4. The van der Waals surface area contributed by atoms with Crippen molar-refractivity contribution in [2.75, 3.05) is 51.4 Å². The van der Waals surface area contributed by atoms with Crippen LogP contribution >= 0.6 is 12.4 Å². The van der Waals surface area contributed by atoms with Gasteiger partial charge in [0.05, 0.1) is 26.4 Å². The SMILES string of the molecule is CCCOC(=O)Nc1ccc(OCCCN2CCOCC2)cc1.Cl. The standard InChI is InChI=1S/C17H26N2O4.ClH/c1-2-11-23-17(20)18-15-4-6-16(7-5-15)22-12-3-8-19-9-13-21-14-10-19;/h4-7H,2-3,8-14H2,1H3,(H,18,20);1H. The maximum atomic E-state index is 11.4. The smallest absolute Gasteiger partial charge is 0.411 e. The zero-order valence-electron chi connectivity index (χ0n) is 14.2. The van der Waals surface area contributed by atoms with Crippen LogP contribution in [-0.4, -0.2) is 57.1 Å². The summed E-state index contributed by atoms with van der Waals surface area (Å²) in [6, 6.07) is 7.32. The van der Waals surface area contributed by atoms with Crippen LogP contribution in [0, 0.1) is 0 Å². The minimum Gasteiger partial charge on any atom is -0.494 e. The van der Waals surface area contributed by atoms with E-state index in [0.29, 0.717) is 18.9 Å². The third-order valence-electron chi connectivity index (χ3n) is 3.53. The monoisotopic (exact) mass is 358 g/mol. The van der Waals surface area contributed by atoms with E-state index in [2.05, 4.69) is 10.2 Å². The first-order valence-electron chi connectivity index (χ1n) is 8.24. The van der Waals surface area contributed by atoms with Gasteiger partial charge in [0.25, 0.3) is 0 Å². The Labute approximate surface area is 149 Å². The first-order chi connectivity index (χ1) is 11.3. The topological polar surface area (TPSA) is 60.0 Å². The molecule has 1 aromatic carbocycles. The molecule has 24 heavy (non-hydrogen) atoms. The first-order valence-corrected chi connectivity index (χ1v) is 8.24. The number of nitrogens with zero attached hydrogens (tertiary/aromatic N) is 1. The summed E-state index contributed by atoms with van der Waals surface area (Å²) in [6.45, 7) is 7.78. The maximum Gasteiger partial charge on any atom is 0.411 e. The van der Waals surface area contributed by atoms with Gasteiger partial charge in [0.2, 0.25) is 0 Å². The average molecular weight is 359 g/mol. The fourth-order valence-corrected chi connectivity index (χ4v) is 2.29. The lowest BCUT2D eigenvalue weighted by atomic mass is 10.3. The molecular weight excluding hydrogens is 332 g/mol. The highest BCUT2D eigenvalue weighted by Crippen LogP contribution is 2.16. The summed E-state index contributed by atoms with van der Waals surface area (Å²) < 4.78 is 16.0. The van der Waals surface area contributed by atoms with E-state index in [9.17, 15) is 4.79 Å². The number of benzene rings is 1. The van der Waals surface area contributed by atoms with Crippen molar-refractivity contribution in [1.29, 1.82) is 0 Å². The van der Waals surface area contributed by atoms with Crippen LogP contribution in [-0.2, 0) is 9.47 Å². The zero-order chi connectivity index (χ0) is 16.3. The highest BCUT2D eigenvalue weighted by atomic mass is 35.5. The summed E-state index contributed by atoms with van der Waals surface area (Å²) in [7, 11) is 0. The zero-order valence-corrected chi connectivity index (χ0v) is 15.0. The van der Waals surface area contributed by atoms with Crippen molar-refractivity contribution < 1.29 is 19.0 Å². The Kier molecular flexibility index (Phi) is 10.2. The number of carbonyl (C=O) groups is 1. The second-order valence-electron chi connectivity index (χ2n) is 5.44. The van der Waals surface area contributed by atoms with E-state index in [1.54, 1.807) is 0 Å². The Bertz CT molecular complexity index is 464. The third-order valence-corrected chi connectivity index (χ3v) is 3.53. The molecule has 1 heterocycles. The number of ether oxygens (including phenoxy) is 3. The Morgan fingerprint density at radius 3 is 2.58 bits per heavy atom. The normalized spacial score (nSPS) is 14.5. The van der Waals surface area contributed by atoms with Crippen LogP contribution in [0.25, 0.3) is 0 Å². The second kappa shape index (κ2) is 11.9. The molecular formula is C17H27ClN2O4. The first kappa shape index (κ1) is 20.5. The molecule has 1 aromatic rings. The molecule has 7 heteroatoms. The molecule has 0 radical (unpaired) electrons. The lowest BCUT2D eigenvalue weighted by Gasteiger charge is -2.26.